The zero-order valence-corrected chi connectivity index (χ0v) is 18.9. The van der Waals surface area contributed by atoms with Crippen LogP contribution in [0.3, 0.4) is 0 Å². The van der Waals surface area contributed by atoms with E-state index in [4.69, 9.17) is 10.5 Å². The topological polar surface area (TPSA) is 125 Å². The van der Waals surface area contributed by atoms with Crippen molar-refractivity contribution in [3.63, 3.8) is 0 Å². The monoisotopic (exact) mass is 442 g/mol. The molecule has 1 atom stereocenters. The summed E-state index contributed by atoms with van der Waals surface area (Å²) >= 11 is 0. The van der Waals surface area contributed by atoms with Crippen molar-refractivity contribution in [2.45, 2.75) is 51.0 Å². The lowest BCUT2D eigenvalue weighted by molar-refractivity contribution is 0.0609. The number of carbonyl (C=O) groups excluding carboxylic acids is 1. The average Bonchev–Trinajstić information content (AvgIpc) is 2.67. The van der Waals surface area contributed by atoms with Crippen molar-refractivity contribution in [3.8, 4) is 0 Å². The van der Waals surface area contributed by atoms with E-state index < -0.39 is 20.1 Å². The maximum Gasteiger partial charge on any atom is 0.187 e. The first kappa shape index (κ1) is 21.6. The Labute approximate surface area is 181 Å². The van der Waals surface area contributed by atoms with Crippen LogP contribution in [0.1, 0.15) is 52.4 Å². The minimum absolute atomic E-state index is 0.0715. The Kier molecular flexibility index (Phi) is 5.01. The Balaban J connectivity index is 1.74. The van der Waals surface area contributed by atoms with Crippen molar-refractivity contribution in [2.75, 3.05) is 12.4 Å². The van der Waals surface area contributed by atoms with Gasteiger partial charge in [0.2, 0.25) is 0 Å². The van der Waals surface area contributed by atoms with Crippen LogP contribution < -0.4 is 5.73 Å². The third-order valence-corrected chi connectivity index (χ3v) is 8.75. The maximum absolute atomic E-state index is 13.0. The van der Waals surface area contributed by atoms with Crippen molar-refractivity contribution in [3.05, 3.63) is 58.2 Å². The fraction of sp³-hybridized carbons (Fsp3) is 0.455. The van der Waals surface area contributed by atoms with Gasteiger partial charge in [0, 0.05) is 12.6 Å². The van der Waals surface area contributed by atoms with Gasteiger partial charge in [-0.25, -0.2) is 13.4 Å². The lowest BCUT2D eigenvalue weighted by atomic mass is 9.85. The van der Waals surface area contributed by atoms with E-state index in [0.29, 0.717) is 18.0 Å². The van der Waals surface area contributed by atoms with E-state index in [2.05, 4.69) is 15.0 Å². The average molecular weight is 443 g/mol. The lowest BCUT2D eigenvalue weighted by Crippen LogP contribution is -2.57. The molecule has 3 heterocycles. The van der Waals surface area contributed by atoms with Crippen LogP contribution in [0.4, 0.5) is 0 Å². The van der Waals surface area contributed by atoms with E-state index >= 15 is 0 Å². The lowest BCUT2D eigenvalue weighted by Gasteiger charge is -2.42. The number of aliphatic imine (C=N–C) groups is 1. The minimum atomic E-state index is -3.57. The van der Waals surface area contributed by atoms with Crippen molar-refractivity contribution in [1.82, 2.24) is 9.97 Å². The van der Waals surface area contributed by atoms with Crippen LogP contribution in [0.5, 0.6) is 0 Å². The second kappa shape index (κ2) is 7.20. The van der Waals surface area contributed by atoms with Crippen molar-refractivity contribution < 1.29 is 17.9 Å². The molecule has 2 N–H and O–H groups in total. The number of hydrogen-bond donors (Lipinski definition) is 1. The number of nitrogens with two attached hydrogens (primary N) is 1. The smallest absolute Gasteiger partial charge is 0.187 e. The first-order chi connectivity index (χ1) is 14.4. The van der Waals surface area contributed by atoms with Crippen molar-refractivity contribution in [1.29, 1.82) is 0 Å². The molecule has 1 spiro atoms. The number of aryl methyl sites for hydroxylation is 2. The highest BCUT2D eigenvalue weighted by molar-refractivity contribution is 7.93. The van der Waals surface area contributed by atoms with Gasteiger partial charge >= 0.3 is 0 Å². The Morgan fingerprint density at radius 2 is 2.00 bits per heavy atom. The molecule has 0 fully saturated rings. The summed E-state index contributed by atoms with van der Waals surface area (Å²) in [6.07, 6.45) is 1.70. The predicted molar refractivity (Wildman–Crippen MR) is 117 cm³/mol. The highest BCUT2D eigenvalue weighted by Gasteiger charge is 2.52. The van der Waals surface area contributed by atoms with Crippen LogP contribution in [-0.2, 0) is 33.1 Å². The Morgan fingerprint density at radius 1 is 1.26 bits per heavy atom. The molecule has 1 aromatic heterocycles. The normalized spacial score (nSPS) is 23.8. The first-order valence-corrected chi connectivity index (χ1v) is 11.7. The molecule has 31 heavy (non-hydrogen) atoms. The highest BCUT2D eigenvalue weighted by Crippen LogP contribution is 2.41. The van der Waals surface area contributed by atoms with Crippen LogP contribution in [-0.4, -0.2) is 47.1 Å². The standard InChI is InChI=1S/C22H26N4O4S/c1-13-9-24-19(14(2)25-13)18(27)8-15-5-6-16-10-30-11-22(17(16)7-15)12-31(28,29)21(3,4)20(23)26-22/h5-7,9H,8,10-12H2,1-4H3,(H2,23,26)/t22-/m0/s1. The van der Waals surface area contributed by atoms with Gasteiger partial charge in [0.05, 0.1) is 30.4 Å². The van der Waals surface area contributed by atoms with Crippen LogP contribution in [0, 0.1) is 13.8 Å². The molecule has 9 heteroatoms. The number of aromatic nitrogens is 2. The van der Waals surface area contributed by atoms with E-state index in [1.165, 1.54) is 0 Å². The number of hydrogen-bond acceptors (Lipinski definition) is 8. The van der Waals surface area contributed by atoms with Crippen molar-refractivity contribution >= 4 is 21.5 Å². The van der Waals surface area contributed by atoms with E-state index in [9.17, 15) is 13.2 Å². The molecule has 0 amide bonds. The SMILES string of the molecule is Cc1cnc(C(=O)Cc2ccc3c(c2)[C@]2(COC3)CS(=O)(=O)C(C)(C)C(N)=N2)c(C)n1. The summed E-state index contributed by atoms with van der Waals surface area (Å²) in [5.74, 6) is -0.269. The Morgan fingerprint density at radius 3 is 2.68 bits per heavy atom. The number of fused-ring (bicyclic) bond motifs is 2. The van der Waals surface area contributed by atoms with Gasteiger partial charge in [-0.2, -0.15) is 0 Å². The number of ketones is 1. The number of rotatable bonds is 3. The van der Waals surface area contributed by atoms with E-state index in [0.717, 1.165) is 22.4 Å². The molecule has 8 nitrogen and oxygen atoms in total. The molecular formula is C22H26N4O4S. The molecule has 2 aliphatic heterocycles. The maximum atomic E-state index is 13.0. The molecule has 0 bridgehead atoms. The molecule has 2 aromatic rings. The van der Waals surface area contributed by atoms with Gasteiger partial charge in [0.1, 0.15) is 21.8 Å². The molecule has 0 unspecified atom stereocenters. The molecule has 0 saturated heterocycles. The second-order valence-corrected chi connectivity index (χ2v) is 11.4. The summed E-state index contributed by atoms with van der Waals surface area (Å²) in [6.45, 7) is 7.20. The number of ether oxygens (including phenoxy) is 1. The molecule has 1 aromatic carbocycles. The number of benzene rings is 1. The van der Waals surface area contributed by atoms with Gasteiger partial charge in [0.25, 0.3) is 0 Å². The molecule has 0 radical (unpaired) electrons. The highest BCUT2D eigenvalue weighted by atomic mass is 32.2. The van der Waals surface area contributed by atoms with Gasteiger partial charge in [-0.05, 0) is 44.4 Å². The molecule has 0 saturated carbocycles. The predicted octanol–water partition coefficient (Wildman–Crippen LogP) is 1.81. The van der Waals surface area contributed by atoms with Gasteiger partial charge in [-0.15, -0.1) is 0 Å². The fourth-order valence-corrected chi connectivity index (χ4v) is 5.76. The zero-order chi connectivity index (χ0) is 22.6. The van der Waals surface area contributed by atoms with E-state index in [1.54, 1.807) is 27.0 Å². The number of carbonyl (C=O) groups is 1. The third kappa shape index (κ3) is 3.55. The molecular weight excluding hydrogens is 416 g/mol. The first-order valence-electron chi connectivity index (χ1n) is 10.1. The van der Waals surface area contributed by atoms with Crippen LogP contribution in [0.15, 0.2) is 29.4 Å². The van der Waals surface area contributed by atoms with Gasteiger partial charge in [0.15, 0.2) is 15.6 Å². The third-order valence-electron chi connectivity index (χ3n) is 6.13. The van der Waals surface area contributed by atoms with E-state index in [-0.39, 0.29) is 30.4 Å². The van der Waals surface area contributed by atoms with Gasteiger partial charge < -0.3 is 10.5 Å². The van der Waals surface area contributed by atoms with Crippen LogP contribution in [0.25, 0.3) is 0 Å². The Hall–Kier alpha value is -2.65. The number of amidine groups is 1. The summed E-state index contributed by atoms with van der Waals surface area (Å²) in [6, 6.07) is 5.58. The number of nitrogens with zero attached hydrogens (tertiary/aromatic N) is 3. The number of sulfone groups is 1. The zero-order valence-electron chi connectivity index (χ0n) is 18.1. The second-order valence-electron chi connectivity index (χ2n) is 8.83. The van der Waals surface area contributed by atoms with Gasteiger partial charge in [-0.1, -0.05) is 18.2 Å². The van der Waals surface area contributed by atoms with Gasteiger partial charge in [-0.3, -0.25) is 14.8 Å². The summed E-state index contributed by atoms with van der Waals surface area (Å²) in [4.78, 5) is 26.1. The summed E-state index contributed by atoms with van der Waals surface area (Å²) in [7, 11) is -3.57. The molecule has 4 rings (SSSR count). The Bertz CT molecular complexity index is 1220. The molecule has 2 aliphatic rings. The minimum Gasteiger partial charge on any atom is -0.386 e. The number of Topliss-reactive ketones (excluding diaryl/α,β-unsaturated/α-hetero) is 1. The van der Waals surface area contributed by atoms with E-state index in [1.807, 2.05) is 25.1 Å². The quantitative estimate of drug-likeness (QED) is 0.719. The summed E-state index contributed by atoms with van der Waals surface area (Å²) in [5, 5.41) is 0. The fourth-order valence-electron chi connectivity index (χ4n) is 4.10. The summed E-state index contributed by atoms with van der Waals surface area (Å²) in [5.41, 5.74) is 9.04. The molecule has 164 valence electrons. The van der Waals surface area contributed by atoms with Crippen LogP contribution in [0.2, 0.25) is 0 Å². The van der Waals surface area contributed by atoms with Crippen LogP contribution >= 0.6 is 0 Å². The largest absolute Gasteiger partial charge is 0.386 e. The van der Waals surface area contributed by atoms with Crippen molar-refractivity contribution in [2.24, 2.45) is 10.7 Å². The summed E-state index contributed by atoms with van der Waals surface area (Å²) < 4.78 is 30.5. The molecule has 0 aliphatic carbocycles.